The molecule has 3 atom stereocenters. The van der Waals surface area contributed by atoms with Crippen LogP contribution in [-0.4, -0.2) is 92.3 Å². The van der Waals surface area contributed by atoms with Gasteiger partial charge in [-0.05, 0) is 47.6 Å². The number of aryl methyl sites for hydroxylation is 1. The van der Waals surface area contributed by atoms with Crippen LogP contribution in [0.5, 0.6) is 0 Å². The number of aromatic nitrogens is 5. The first-order valence-electron chi connectivity index (χ1n) is 12.0. The lowest BCUT2D eigenvalue weighted by Gasteiger charge is -2.45. The molecule has 180 valence electrons. The number of aliphatic hydroxyl groups excluding tert-OH is 1. The fourth-order valence-electron chi connectivity index (χ4n) is 4.79. The van der Waals surface area contributed by atoms with Crippen molar-refractivity contribution in [1.82, 2.24) is 29.8 Å². The van der Waals surface area contributed by atoms with Gasteiger partial charge in [-0.15, -0.1) is 0 Å². The van der Waals surface area contributed by atoms with Crippen molar-refractivity contribution in [2.24, 2.45) is 0 Å². The minimum atomic E-state index is -0.685. The van der Waals surface area contributed by atoms with Gasteiger partial charge in [-0.2, -0.15) is 15.0 Å². The Kier molecular flexibility index (Phi) is 6.94. The number of aliphatic hydroxyl groups is 1. The van der Waals surface area contributed by atoms with E-state index in [4.69, 9.17) is 9.97 Å². The zero-order valence-electron chi connectivity index (χ0n) is 20.7. The molecule has 2 aliphatic rings. The van der Waals surface area contributed by atoms with Gasteiger partial charge < -0.3 is 19.8 Å². The summed E-state index contributed by atoms with van der Waals surface area (Å²) in [5.74, 6) is 3.57. The van der Waals surface area contributed by atoms with Crippen LogP contribution < -0.4 is 14.7 Å². The van der Waals surface area contributed by atoms with E-state index < -0.39 is 6.10 Å². The van der Waals surface area contributed by atoms with Crippen LogP contribution in [0.25, 0.3) is 0 Å². The number of hydrogen-bond donors (Lipinski definition) is 1. The van der Waals surface area contributed by atoms with Gasteiger partial charge in [0.1, 0.15) is 17.7 Å². The van der Waals surface area contributed by atoms with Crippen molar-refractivity contribution >= 4 is 17.7 Å². The predicted octanol–water partition coefficient (Wildman–Crippen LogP) is 1.66. The van der Waals surface area contributed by atoms with Gasteiger partial charge in [-0.25, -0.2) is 9.97 Å². The Hall–Kier alpha value is -2.59. The Bertz CT molecular complexity index is 933. The van der Waals surface area contributed by atoms with E-state index in [-0.39, 0.29) is 12.1 Å². The van der Waals surface area contributed by atoms with Gasteiger partial charge in [0, 0.05) is 63.6 Å². The molecule has 1 N–H and O–H groups in total. The van der Waals surface area contributed by atoms with Crippen molar-refractivity contribution in [3.63, 3.8) is 0 Å². The number of nitrogens with zero attached hydrogens (tertiary/aromatic N) is 9. The molecule has 0 unspecified atom stereocenters. The standard InChI is InChI=1S/C23H37N9O/c1-15(2)29-9-11-30(12-10-29)22-25-19(6)26-23(28-22)32-16(3)13-31(14-17(32)4)20-7-8-24-21(27-20)18(5)33/h7-8,15-18,33H,9-14H2,1-6H3/t16-,17+,18-/m0/s1. The van der Waals surface area contributed by atoms with E-state index in [2.05, 4.69) is 62.2 Å². The highest BCUT2D eigenvalue weighted by molar-refractivity contribution is 5.47. The lowest BCUT2D eigenvalue weighted by molar-refractivity contribution is 0.189. The molecule has 2 aromatic heterocycles. The van der Waals surface area contributed by atoms with Gasteiger partial charge in [-0.3, -0.25) is 4.90 Å². The van der Waals surface area contributed by atoms with E-state index in [0.717, 1.165) is 62.8 Å². The minimum Gasteiger partial charge on any atom is -0.385 e. The monoisotopic (exact) mass is 455 g/mol. The first kappa shape index (κ1) is 23.6. The third-order valence-electron chi connectivity index (χ3n) is 6.56. The molecule has 0 amide bonds. The molecule has 0 saturated carbocycles. The van der Waals surface area contributed by atoms with Gasteiger partial charge in [0.2, 0.25) is 11.9 Å². The maximum absolute atomic E-state index is 9.86. The second-order valence-electron chi connectivity index (χ2n) is 9.56. The summed E-state index contributed by atoms with van der Waals surface area (Å²) < 4.78 is 0. The first-order chi connectivity index (χ1) is 15.7. The van der Waals surface area contributed by atoms with E-state index in [1.54, 1.807) is 13.1 Å². The Balaban J connectivity index is 1.51. The molecule has 2 saturated heterocycles. The molecule has 0 spiro atoms. The molecule has 10 heteroatoms. The molecule has 0 bridgehead atoms. The zero-order valence-corrected chi connectivity index (χ0v) is 20.7. The summed E-state index contributed by atoms with van der Waals surface area (Å²) in [5, 5.41) is 9.86. The molecular formula is C23H37N9O. The second kappa shape index (κ2) is 9.72. The number of piperazine rings is 2. The fraction of sp³-hybridized carbons (Fsp3) is 0.696. The van der Waals surface area contributed by atoms with E-state index in [0.29, 0.717) is 11.9 Å². The molecule has 2 aliphatic heterocycles. The van der Waals surface area contributed by atoms with Gasteiger partial charge in [0.05, 0.1) is 0 Å². The first-order valence-corrected chi connectivity index (χ1v) is 12.0. The largest absolute Gasteiger partial charge is 0.385 e. The third-order valence-corrected chi connectivity index (χ3v) is 6.56. The lowest BCUT2D eigenvalue weighted by Crippen LogP contribution is -2.58. The molecule has 0 radical (unpaired) electrons. The maximum Gasteiger partial charge on any atom is 0.231 e. The average molecular weight is 456 g/mol. The summed E-state index contributed by atoms with van der Waals surface area (Å²) in [7, 11) is 0. The van der Waals surface area contributed by atoms with E-state index >= 15 is 0 Å². The highest BCUT2D eigenvalue weighted by Gasteiger charge is 2.33. The highest BCUT2D eigenvalue weighted by atomic mass is 16.3. The summed E-state index contributed by atoms with van der Waals surface area (Å²) in [6.07, 6.45) is 1.03. The summed E-state index contributed by atoms with van der Waals surface area (Å²) >= 11 is 0. The Morgan fingerprint density at radius 1 is 0.879 bits per heavy atom. The molecule has 10 nitrogen and oxygen atoms in total. The lowest BCUT2D eigenvalue weighted by atomic mass is 10.1. The van der Waals surface area contributed by atoms with Crippen molar-refractivity contribution in [3.8, 4) is 0 Å². The van der Waals surface area contributed by atoms with Crippen LogP contribution in [0.15, 0.2) is 12.3 Å². The average Bonchev–Trinajstić information content (AvgIpc) is 2.78. The number of hydrogen-bond acceptors (Lipinski definition) is 10. The van der Waals surface area contributed by atoms with Crippen LogP contribution in [0.4, 0.5) is 17.7 Å². The van der Waals surface area contributed by atoms with Crippen molar-refractivity contribution in [3.05, 3.63) is 23.9 Å². The quantitative estimate of drug-likeness (QED) is 0.717. The second-order valence-corrected chi connectivity index (χ2v) is 9.56. The van der Waals surface area contributed by atoms with Crippen LogP contribution in [-0.2, 0) is 0 Å². The van der Waals surface area contributed by atoms with E-state index in [1.165, 1.54) is 0 Å². The Morgan fingerprint density at radius 3 is 2.12 bits per heavy atom. The molecular weight excluding hydrogens is 418 g/mol. The van der Waals surface area contributed by atoms with E-state index in [9.17, 15) is 5.11 Å². The van der Waals surface area contributed by atoms with Crippen molar-refractivity contribution in [2.75, 3.05) is 54.0 Å². The molecule has 4 heterocycles. The molecule has 4 rings (SSSR count). The summed E-state index contributed by atoms with van der Waals surface area (Å²) in [4.78, 5) is 32.4. The van der Waals surface area contributed by atoms with Crippen molar-refractivity contribution in [2.45, 2.75) is 65.8 Å². The zero-order chi connectivity index (χ0) is 23.7. The predicted molar refractivity (Wildman–Crippen MR) is 130 cm³/mol. The van der Waals surface area contributed by atoms with E-state index in [1.807, 2.05) is 13.0 Å². The van der Waals surface area contributed by atoms with Gasteiger partial charge in [0.15, 0.2) is 5.82 Å². The van der Waals surface area contributed by atoms with Crippen molar-refractivity contribution in [1.29, 1.82) is 0 Å². The molecule has 0 aliphatic carbocycles. The number of anilines is 3. The van der Waals surface area contributed by atoms with Gasteiger partial charge >= 0.3 is 0 Å². The molecule has 2 fully saturated rings. The van der Waals surface area contributed by atoms with Gasteiger partial charge in [-0.1, -0.05) is 0 Å². The minimum absolute atomic E-state index is 0.186. The third kappa shape index (κ3) is 5.16. The fourth-order valence-corrected chi connectivity index (χ4v) is 4.79. The molecule has 0 aromatic carbocycles. The molecule has 2 aromatic rings. The normalized spacial score (nSPS) is 23.3. The summed E-state index contributed by atoms with van der Waals surface area (Å²) in [6, 6.07) is 2.84. The summed E-state index contributed by atoms with van der Waals surface area (Å²) in [6.45, 7) is 18.0. The van der Waals surface area contributed by atoms with Crippen LogP contribution in [0.2, 0.25) is 0 Å². The summed E-state index contributed by atoms with van der Waals surface area (Å²) in [5.41, 5.74) is 0. The van der Waals surface area contributed by atoms with Crippen LogP contribution in [0.1, 0.15) is 52.4 Å². The van der Waals surface area contributed by atoms with Gasteiger partial charge in [0.25, 0.3) is 0 Å². The van der Waals surface area contributed by atoms with Crippen LogP contribution in [0.3, 0.4) is 0 Å². The van der Waals surface area contributed by atoms with Crippen molar-refractivity contribution < 1.29 is 5.11 Å². The topological polar surface area (TPSA) is 97.6 Å². The smallest absolute Gasteiger partial charge is 0.231 e. The van der Waals surface area contributed by atoms with Crippen LogP contribution in [0, 0.1) is 6.92 Å². The Morgan fingerprint density at radius 2 is 1.52 bits per heavy atom. The highest BCUT2D eigenvalue weighted by Crippen LogP contribution is 2.26. The Labute approximate surface area is 196 Å². The van der Waals surface area contributed by atoms with Crippen LogP contribution >= 0.6 is 0 Å². The number of rotatable bonds is 5. The molecule has 33 heavy (non-hydrogen) atoms. The SMILES string of the molecule is Cc1nc(N2CCN(C(C)C)CC2)nc(N2[C@H](C)CN(c3ccnc([C@H](C)O)n3)C[C@@H]2C)n1. The maximum atomic E-state index is 9.86.